The van der Waals surface area contributed by atoms with Crippen LogP contribution in [0.3, 0.4) is 0 Å². The van der Waals surface area contributed by atoms with Crippen LogP contribution in [0.25, 0.3) is 11.4 Å². The molecule has 1 fully saturated rings. The molecule has 1 aromatic heterocycles. The lowest BCUT2D eigenvalue weighted by molar-refractivity contribution is -0.110. The predicted octanol–water partition coefficient (Wildman–Crippen LogP) is 4.31. The largest absolute Gasteiger partial charge is 0.444 e. The molecule has 1 saturated carbocycles. The van der Waals surface area contributed by atoms with Gasteiger partial charge in [-0.3, -0.25) is 5.32 Å². The van der Waals surface area contributed by atoms with Gasteiger partial charge in [0.1, 0.15) is 5.60 Å². The third-order valence-electron chi connectivity index (χ3n) is 3.68. The van der Waals surface area contributed by atoms with E-state index in [9.17, 15) is 13.6 Å². The molecule has 0 unspecified atom stereocenters. The highest BCUT2D eigenvalue weighted by atomic mass is 35.5. The van der Waals surface area contributed by atoms with Gasteiger partial charge in [-0.1, -0.05) is 11.6 Å². The Morgan fingerprint density at radius 1 is 1.38 bits per heavy atom. The van der Waals surface area contributed by atoms with Gasteiger partial charge in [0.05, 0.1) is 16.8 Å². The number of halogens is 3. The Kier molecular flexibility index (Phi) is 4.60. The summed E-state index contributed by atoms with van der Waals surface area (Å²) in [5.74, 6) is -2.41. The maximum atomic E-state index is 13.0. The molecule has 1 amide bonds. The first-order valence-electron chi connectivity index (χ1n) is 8.00. The van der Waals surface area contributed by atoms with Crippen molar-refractivity contribution >= 4 is 23.4 Å². The summed E-state index contributed by atoms with van der Waals surface area (Å²) in [5.41, 5.74) is 0.214. The molecule has 2 aromatic rings. The van der Waals surface area contributed by atoms with E-state index < -0.39 is 23.7 Å². The van der Waals surface area contributed by atoms with E-state index in [1.54, 1.807) is 39.0 Å². The quantitative estimate of drug-likeness (QED) is 0.851. The zero-order chi connectivity index (χ0) is 19.1. The van der Waals surface area contributed by atoms with E-state index in [0.29, 0.717) is 16.3 Å². The zero-order valence-corrected chi connectivity index (χ0v) is 15.2. The normalized spacial score (nSPS) is 16.8. The first kappa shape index (κ1) is 18.5. The van der Waals surface area contributed by atoms with Crippen molar-refractivity contribution in [2.45, 2.75) is 51.2 Å². The third kappa shape index (κ3) is 4.27. The van der Waals surface area contributed by atoms with Crippen molar-refractivity contribution < 1.29 is 18.3 Å². The molecule has 1 N–H and O–H groups in total. The highest BCUT2D eigenvalue weighted by Gasteiger charge is 2.47. The minimum Gasteiger partial charge on any atom is -0.444 e. The smallest absolute Gasteiger partial charge is 0.412 e. The fraction of sp³-hybridized carbons (Fsp3) is 0.500. The molecule has 26 heavy (non-hydrogen) atoms. The fourth-order valence-corrected chi connectivity index (χ4v) is 2.63. The van der Waals surface area contributed by atoms with E-state index in [-0.39, 0.29) is 18.7 Å². The van der Waals surface area contributed by atoms with Gasteiger partial charge in [-0.15, -0.1) is 10.2 Å². The Labute approximate surface area is 153 Å². The first-order chi connectivity index (χ1) is 12.0. The molecule has 1 aromatic carbocycles. The van der Waals surface area contributed by atoms with E-state index in [2.05, 4.69) is 20.7 Å². The fourth-order valence-electron chi connectivity index (χ4n) is 2.46. The number of benzene rings is 1. The number of aromatic nitrogens is 4. The highest BCUT2D eigenvalue weighted by Crippen LogP contribution is 2.44. The summed E-state index contributed by atoms with van der Waals surface area (Å²) >= 11 is 6.10. The van der Waals surface area contributed by atoms with Gasteiger partial charge in [-0.25, -0.2) is 13.6 Å². The number of nitrogens with one attached hydrogen (secondary N) is 1. The van der Waals surface area contributed by atoms with E-state index in [1.165, 1.54) is 4.80 Å². The summed E-state index contributed by atoms with van der Waals surface area (Å²) in [6.45, 7) is 5.24. The van der Waals surface area contributed by atoms with Crippen molar-refractivity contribution in [2.24, 2.45) is 0 Å². The highest BCUT2D eigenvalue weighted by molar-refractivity contribution is 6.33. The van der Waals surface area contributed by atoms with Gasteiger partial charge < -0.3 is 4.74 Å². The second-order valence-corrected chi connectivity index (χ2v) is 7.58. The average Bonchev–Trinajstić information content (AvgIpc) is 2.94. The van der Waals surface area contributed by atoms with Crippen LogP contribution in [-0.2, 0) is 4.74 Å². The van der Waals surface area contributed by atoms with Crippen molar-refractivity contribution in [2.75, 3.05) is 5.32 Å². The monoisotopic (exact) mass is 385 g/mol. The number of tetrazole rings is 1. The molecular weight excluding hydrogens is 368 g/mol. The number of amides is 1. The van der Waals surface area contributed by atoms with Crippen LogP contribution < -0.4 is 5.32 Å². The van der Waals surface area contributed by atoms with Gasteiger partial charge in [0.2, 0.25) is 5.82 Å². The number of nitrogens with zero attached hydrogens (tertiary/aromatic N) is 4. The zero-order valence-electron chi connectivity index (χ0n) is 14.5. The van der Waals surface area contributed by atoms with Crippen LogP contribution in [-0.4, -0.2) is 37.8 Å². The number of ether oxygens (including phenoxy) is 1. The molecule has 3 rings (SSSR count). The Morgan fingerprint density at radius 2 is 2.08 bits per heavy atom. The van der Waals surface area contributed by atoms with Gasteiger partial charge in [0.15, 0.2) is 0 Å². The van der Waals surface area contributed by atoms with E-state index in [1.807, 2.05) is 0 Å². The van der Waals surface area contributed by atoms with Crippen LogP contribution in [0.2, 0.25) is 5.02 Å². The van der Waals surface area contributed by atoms with Crippen LogP contribution in [0.1, 0.15) is 39.7 Å². The summed E-state index contributed by atoms with van der Waals surface area (Å²) in [7, 11) is 0. The number of anilines is 1. The summed E-state index contributed by atoms with van der Waals surface area (Å²) < 4.78 is 31.2. The molecule has 7 nitrogen and oxygen atoms in total. The van der Waals surface area contributed by atoms with Crippen molar-refractivity contribution in [3.63, 3.8) is 0 Å². The predicted molar refractivity (Wildman–Crippen MR) is 91.3 cm³/mol. The molecule has 1 aliphatic rings. The molecule has 0 saturated heterocycles. The second-order valence-electron chi connectivity index (χ2n) is 7.17. The molecule has 140 valence electrons. The van der Waals surface area contributed by atoms with Gasteiger partial charge in [0.25, 0.3) is 5.92 Å². The lowest BCUT2D eigenvalue weighted by Crippen LogP contribution is -2.38. The molecule has 0 radical (unpaired) electrons. The van der Waals surface area contributed by atoms with Gasteiger partial charge in [-0.2, -0.15) is 4.80 Å². The van der Waals surface area contributed by atoms with Crippen LogP contribution in [0.4, 0.5) is 19.3 Å². The number of hydrogen-bond donors (Lipinski definition) is 1. The Balaban J connectivity index is 1.75. The summed E-state index contributed by atoms with van der Waals surface area (Å²) in [4.78, 5) is 13.1. The lowest BCUT2D eigenvalue weighted by Gasteiger charge is -2.33. The summed E-state index contributed by atoms with van der Waals surface area (Å²) in [5, 5.41) is 14.8. The standard InChI is InChI=1S/C16H18ClF2N5O2/c1-15(2,3)26-14(25)20-12-6-9(4-5-11(12)17)13-21-23-24(22-13)10-7-16(18,19)8-10/h4-6,10H,7-8H2,1-3H3,(H,20,25). The van der Waals surface area contributed by atoms with Crippen LogP contribution in [0.5, 0.6) is 0 Å². The van der Waals surface area contributed by atoms with E-state index >= 15 is 0 Å². The van der Waals surface area contributed by atoms with Crippen LogP contribution >= 0.6 is 11.6 Å². The number of carbonyl (C=O) groups is 1. The van der Waals surface area contributed by atoms with Crippen LogP contribution in [0, 0.1) is 0 Å². The molecule has 0 aliphatic heterocycles. The molecule has 0 spiro atoms. The Morgan fingerprint density at radius 3 is 2.69 bits per heavy atom. The SMILES string of the molecule is CC(C)(C)OC(=O)Nc1cc(-c2nnn(C3CC(F)(F)C3)n2)ccc1Cl. The maximum absolute atomic E-state index is 13.0. The number of carbonyl (C=O) groups excluding carboxylic acids is 1. The minimum absolute atomic E-state index is 0.254. The summed E-state index contributed by atoms with van der Waals surface area (Å²) in [6, 6.07) is 4.34. The maximum Gasteiger partial charge on any atom is 0.412 e. The Bertz CT molecular complexity index is 826. The molecule has 0 bridgehead atoms. The van der Waals surface area contributed by atoms with Gasteiger partial charge >= 0.3 is 6.09 Å². The molecule has 10 heteroatoms. The van der Waals surface area contributed by atoms with Gasteiger partial charge in [0, 0.05) is 18.4 Å². The lowest BCUT2D eigenvalue weighted by atomic mass is 9.89. The number of rotatable bonds is 3. The topological polar surface area (TPSA) is 81.9 Å². The molecule has 1 heterocycles. The minimum atomic E-state index is -2.66. The molecule has 1 aliphatic carbocycles. The first-order valence-corrected chi connectivity index (χ1v) is 8.37. The van der Waals surface area contributed by atoms with Crippen molar-refractivity contribution in [1.82, 2.24) is 20.2 Å². The van der Waals surface area contributed by atoms with Crippen molar-refractivity contribution in [3.05, 3.63) is 23.2 Å². The second kappa shape index (κ2) is 6.46. The number of hydrogen-bond acceptors (Lipinski definition) is 5. The average molecular weight is 386 g/mol. The molecular formula is C16H18ClF2N5O2. The molecule has 0 atom stereocenters. The van der Waals surface area contributed by atoms with Crippen molar-refractivity contribution in [1.29, 1.82) is 0 Å². The van der Waals surface area contributed by atoms with Crippen molar-refractivity contribution in [3.8, 4) is 11.4 Å². The van der Waals surface area contributed by atoms with E-state index in [0.717, 1.165) is 0 Å². The summed E-state index contributed by atoms with van der Waals surface area (Å²) in [6.07, 6.45) is -1.24. The van der Waals surface area contributed by atoms with E-state index in [4.69, 9.17) is 16.3 Å². The number of alkyl halides is 2. The van der Waals surface area contributed by atoms with Gasteiger partial charge in [-0.05, 0) is 44.2 Å². The van der Waals surface area contributed by atoms with Crippen LogP contribution in [0.15, 0.2) is 18.2 Å². The third-order valence-corrected chi connectivity index (χ3v) is 4.01. The Hall–Kier alpha value is -2.29.